The van der Waals surface area contributed by atoms with Gasteiger partial charge in [-0.05, 0) is 6.07 Å². The van der Waals surface area contributed by atoms with Gasteiger partial charge in [-0.15, -0.1) is 0 Å². The molecule has 2 rings (SSSR count). The first-order chi connectivity index (χ1) is 6.22. The van der Waals surface area contributed by atoms with Gasteiger partial charge < -0.3 is 5.11 Å². The van der Waals surface area contributed by atoms with E-state index in [2.05, 4.69) is 5.10 Å². The molecule has 2 heterocycles. The van der Waals surface area contributed by atoms with Crippen LogP contribution in [0, 0.1) is 11.3 Å². The fraction of sp³-hybridized carbons (Fsp3) is 0. The van der Waals surface area contributed by atoms with Crippen LogP contribution < -0.4 is 5.46 Å². The minimum atomic E-state index is 0.0917. The Morgan fingerprint density at radius 3 is 3.08 bits per heavy atom. The standard InChI is InChI=1S/C8H6BN3O/c9-6-1-7(13)8-5(2-10)3-11-12(8)4-6/h1,3-4,13H,9H2. The van der Waals surface area contributed by atoms with Crippen molar-refractivity contribution in [1.82, 2.24) is 9.61 Å². The fourth-order valence-electron chi connectivity index (χ4n) is 1.31. The lowest BCUT2D eigenvalue weighted by Gasteiger charge is -1.99. The Hall–Kier alpha value is -1.96. The molecule has 0 spiro atoms. The number of rotatable bonds is 0. The van der Waals surface area contributed by atoms with Crippen molar-refractivity contribution in [3.8, 4) is 11.8 Å². The third-order valence-corrected chi connectivity index (χ3v) is 1.85. The number of aromatic nitrogens is 2. The molecule has 0 radical (unpaired) electrons. The van der Waals surface area contributed by atoms with Crippen molar-refractivity contribution in [3.05, 3.63) is 24.0 Å². The summed E-state index contributed by atoms with van der Waals surface area (Å²) in [6.45, 7) is 0. The molecular formula is C8H6BN3O. The van der Waals surface area contributed by atoms with Crippen LogP contribution in [0.3, 0.4) is 0 Å². The molecule has 0 fully saturated rings. The van der Waals surface area contributed by atoms with Crippen molar-refractivity contribution < 1.29 is 5.11 Å². The maximum absolute atomic E-state index is 9.54. The lowest BCUT2D eigenvalue weighted by molar-refractivity contribution is 0.479. The van der Waals surface area contributed by atoms with E-state index >= 15 is 0 Å². The molecule has 4 nitrogen and oxygen atoms in total. The van der Waals surface area contributed by atoms with Gasteiger partial charge in [-0.25, -0.2) is 4.52 Å². The van der Waals surface area contributed by atoms with E-state index in [1.165, 1.54) is 10.7 Å². The summed E-state index contributed by atoms with van der Waals surface area (Å²) in [6, 6.07) is 3.58. The number of hydrogen-bond donors (Lipinski definition) is 1. The van der Waals surface area contributed by atoms with E-state index in [9.17, 15) is 5.11 Å². The normalized spacial score (nSPS) is 10.1. The zero-order valence-corrected chi connectivity index (χ0v) is 7.02. The number of hydrogen-bond acceptors (Lipinski definition) is 3. The highest BCUT2D eigenvalue weighted by atomic mass is 16.3. The summed E-state index contributed by atoms with van der Waals surface area (Å²) < 4.78 is 1.50. The van der Waals surface area contributed by atoms with Gasteiger partial charge >= 0.3 is 0 Å². The van der Waals surface area contributed by atoms with Crippen molar-refractivity contribution in [2.75, 3.05) is 0 Å². The van der Waals surface area contributed by atoms with Crippen molar-refractivity contribution in [2.45, 2.75) is 0 Å². The number of nitrogens with zero attached hydrogens (tertiary/aromatic N) is 3. The SMILES string of the molecule is Bc1cc(O)c2c(C#N)cnn2c1. The third-order valence-electron chi connectivity index (χ3n) is 1.85. The molecule has 2 aromatic heterocycles. The van der Waals surface area contributed by atoms with Crippen LogP contribution >= 0.6 is 0 Å². The highest BCUT2D eigenvalue weighted by Gasteiger charge is 2.07. The predicted octanol–water partition coefficient (Wildman–Crippen LogP) is -0.830. The topological polar surface area (TPSA) is 61.3 Å². The van der Waals surface area contributed by atoms with Gasteiger partial charge in [-0.3, -0.25) is 0 Å². The van der Waals surface area contributed by atoms with Gasteiger partial charge in [0.25, 0.3) is 0 Å². The summed E-state index contributed by atoms with van der Waals surface area (Å²) in [6.07, 6.45) is 3.20. The maximum atomic E-state index is 9.54. The van der Waals surface area contributed by atoms with Gasteiger partial charge in [0.2, 0.25) is 0 Å². The first-order valence-electron chi connectivity index (χ1n) is 3.79. The van der Waals surface area contributed by atoms with Crippen LogP contribution in [0.1, 0.15) is 5.56 Å². The van der Waals surface area contributed by atoms with Crippen LogP contribution in [0.15, 0.2) is 18.5 Å². The monoisotopic (exact) mass is 171 g/mol. The lowest BCUT2D eigenvalue weighted by atomic mass is 9.98. The average molecular weight is 171 g/mol. The molecule has 0 aliphatic rings. The largest absolute Gasteiger partial charge is 0.506 e. The molecule has 0 unspecified atom stereocenters. The van der Waals surface area contributed by atoms with Crippen molar-refractivity contribution in [3.63, 3.8) is 0 Å². The highest BCUT2D eigenvalue weighted by Crippen LogP contribution is 2.19. The second-order valence-corrected chi connectivity index (χ2v) is 2.87. The zero-order chi connectivity index (χ0) is 9.42. The molecule has 62 valence electrons. The van der Waals surface area contributed by atoms with Crippen LogP contribution in [0.25, 0.3) is 5.52 Å². The van der Waals surface area contributed by atoms with Crippen LogP contribution in [-0.2, 0) is 0 Å². The highest BCUT2D eigenvalue weighted by molar-refractivity contribution is 6.32. The van der Waals surface area contributed by atoms with Crippen LogP contribution in [0.5, 0.6) is 5.75 Å². The second-order valence-electron chi connectivity index (χ2n) is 2.87. The van der Waals surface area contributed by atoms with Gasteiger partial charge in [-0.1, -0.05) is 5.46 Å². The van der Waals surface area contributed by atoms with Crippen LogP contribution in [0.4, 0.5) is 0 Å². The minimum Gasteiger partial charge on any atom is -0.506 e. The summed E-state index contributed by atoms with van der Waals surface area (Å²) in [5.41, 5.74) is 1.75. The number of nitriles is 1. The van der Waals surface area contributed by atoms with E-state index in [0.29, 0.717) is 11.1 Å². The first kappa shape index (κ1) is 7.68. The van der Waals surface area contributed by atoms with E-state index in [1.54, 1.807) is 12.3 Å². The number of aromatic hydroxyl groups is 1. The molecule has 0 aliphatic heterocycles. The third kappa shape index (κ3) is 1.04. The molecule has 0 atom stereocenters. The first-order valence-corrected chi connectivity index (χ1v) is 3.79. The predicted molar refractivity (Wildman–Crippen MR) is 49.7 cm³/mol. The lowest BCUT2D eigenvalue weighted by Crippen LogP contribution is -2.05. The number of pyridine rings is 1. The van der Waals surface area contributed by atoms with Crippen LogP contribution in [0.2, 0.25) is 0 Å². The Morgan fingerprint density at radius 1 is 1.62 bits per heavy atom. The molecule has 0 saturated heterocycles. The fourth-order valence-corrected chi connectivity index (χ4v) is 1.31. The second kappa shape index (κ2) is 2.52. The Labute approximate surface area is 75.4 Å². The van der Waals surface area contributed by atoms with E-state index in [4.69, 9.17) is 5.26 Å². The zero-order valence-electron chi connectivity index (χ0n) is 7.02. The van der Waals surface area contributed by atoms with E-state index in [-0.39, 0.29) is 5.75 Å². The van der Waals surface area contributed by atoms with Crippen molar-refractivity contribution in [2.24, 2.45) is 0 Å². The molecule has 1 N–H and O–H groups in total. The minimum absolute atomic E-state index is 0.0917. The van der Waals surface area contributed by atoms with E-state index < -0.39 is 0 Å². The summed E-state index contributed by atoms with van der Waals surface area (Å²) in [5, 5.41) is 22.2. The molecule has 2 aromatic rings. The van der Waals surface area contributed by atoms with Gasteiger partial charge in [0.1, 0.15) is 30.7 Å². The Morgan fingerprint density at radius 2 is 2.38 bits per heavy atom. The van der Waals surface area contributed by atoms with Gasteiger partial charge in [0, 0.05) is 6.20 Å². The molecule has 0 saturated carbocycles. The van der Waals surface area contributed by atoms with Crippen LogP contribution in [-0.4, -0.2) is 22.6 Å². The Bertz CT molecular complexity index is 512. The maximum Gasteiger partial charge on any atom is 0.142 e. The quantitative estimate of drug-likeness (QED) is 0.526. The van der Waals surface area contributed by atoms with Crippen molar-refractivity contribution >= 4 is 18.8 Å². The number of fused-ring (bicyclic) bond motifs is 1. The summed E-state index contributed by atoms with van der Waals surface area (Å²) >= 11 is 0. The van der Waals surface area contributed by atoms with Gasteiger partial charge in [0.15, 0.2) is 0 Å². The molecule has 0 bridgehead atoms. The Balaban J connectivity index is 2.92. The van der Waals surface area contributed by atoms with E-state index in [1.807, 2.05) is 13.9 Å². The molecular weight excluding hydrogens is 165 g/mol. The molecule has 0 aromatic carbocycles. The molecule has 13 heavy (non-hydrogen) atoms. The Kier molecular flexibility index (Phi) is 1.49. The van der Waals surface area contributed by atoms with Gasteiger partial charge in [-0.2, -0.15) is 10.4 Å². The van der Waals surface area contributed by atoms with Crippen molar-refractivity contribution in [1.29, 1.82) is 5.26 Å². The smallest absolute Gasteiger partial charge is 0.142 e. The summed E-state index contributed by atoms with van der Waals surface area (Å²) in [4.78, 5) is 0. The summed E-state index contributed by atoms with van der Waals surface area (Å²) in [5.74, 6) is 0.0917. The van der Waals surface area contributed by atoms with Gasteiger partial charge in [0.05, 0.1) is 6.20 Å². The molecule has 5 heteroatoms. The molecule has 0 amide bonds. The van der Waals surface area contributed by atoms with E-state index in [0.717, 1.165) is 5.46 Å². The average Bonchev–Trinajstić information content (AvgIpc) is 2.47. The summed E-state index contributed by atoms with van der Waals surface area (Å²) in [7, 11) is 1.85. The molecule has 0 aliphatic carbocycles.